The Morgan fingerprint density at radius 3 is 2.57 bits per heavy atom. The lowest BCUT2D eigenvalue weighted by Crippen LogP contribution is -2.05. The van der Waals surface area contributed by atoms with Crippen molar-refractivity contribution in [1.29, 1.82) is 0 Å². The van der Waals surface area contributed by atoms with Gasteiger partial charge in [0.15, 0.2) is 11.5 Å². The van der Waals surface area contributed by atoms with Crippen LogP contribution in [0.5, 0.6) is 11.5 Å². The van der Waals surface area contributed by atoms with Gasteiger partial charge in [-0.25, -0.2) is 0 Å². The van der Waals surface area contributed by atoms with Gasteiger partial charge in [-0.3, -0.25) is 4.68 Å². The van der Waals surface area contributed by atoms with Gasteiger partial charge in [0.05, 0.1) is 23.5 Å². The molecule has 114 valence electrons. The van der Waals surface area contributed by atoms with Crippen LogP contribution in [0.15, 0.2) is 12.1 Å². The number of benzene rings is 1. The lowest BCUT2D eigenvalue weighted by Gasteiger charge is -2.15. The molecule has 1 heterocycles. The number of aryl methyl sites for hydroxylation is 2. The first-order valence-corrected chi connectivity index (χ1v) is 8.08. The highest BCUT2D eigenvalue weighted by Gasteiger charge is 2.16. The van der Waals surface area contributed by atoms with Crippen molar-refractivity contribution in [1.82, 2.24) is 9.78 Å². The van der Waals surface area contributed by atoms with Crippen molar-refractivity contribution < 1.29 is 9.47 Å². The summed E-state index contributed by atoms with van der Waals surface area (Å²) in [7, 11) is 3.42. The van der Waals surface area contributed by atoms with Gasteiger partial charge >= 0.3 is 0 Å². The summed E-state index contributed by atoms with van der Waals surface area (Å²) < 4.78 is 13.0. The van der Waals surface area contributed by atoms with Crippen molar-refractivity contribution in [2.75, 3.05) is 7.11 Å². The van der Waals surface area contributed by atoms with Crippen LogP contribution < -0.4 is 9.47 Å². The minimum Gasteiger partial charge on any atom is -0.493 e. The van der Waals surface area contributed by atoms with Gasteiger partial charge in [0.1, 0.15) is 6.61 Å². The normalized spacial score (nSPS) is 10.8. The van der Waals surface area contributed by atoms with Crippen LogP contribution in [0.1, 0.15) is 17.0 Å². The molecule has 0 aliphatic heterocycles. The number of methoxy groups -OCH3 is 1. The minimum atomic E-state index is 0.300. The highest BCUT2D eigenvalue weighted by atomic mass is 79.9. The molecule has 0 saturated carbocycles. The number of halogens is 3. The second-order valence-corrected chi connectivity index (χ2v) is 5.86. The molecule has 0 N–H and O–H groups in total. The summed E-state index contributed by atoms with van der Waals surface area (Å²) in [6, 6.07) is 3.56. The molecule has 0 spiro atoms. The summed E-state index contributed by atoms with van der Waals surface area (Å²) in [6.07, 6.45) is 0. The number of aromatic nitrogens is 2. The molecule has 0 aliphatic rings. The Bertz CT molecular complexity index is 634. The van der Waals surface area contributed by atoms with E-state index in [0.29, 0.717) is 33.5 Å². The van der Waals surface area contributed by atoms with Crippen molar-refractivity contribution in [3.63, 3.8) is 0 Å². The van der Waals surface area contributed by atoms with E-state index in [1.165, 1.54) is 0 Å². The number of hydrogen-bond donors (Lipinski definition) is 0. The Morgan fingerprint density at radius 2 is 2.05 bits per heavy atom. The van der Waals surface area contributed by atoms with Gasteiger partial charge in [-0.1, -0.05) is 39.1 Å². The molecule has 0 aliphatic carbocycles. The first-order valence-electron chi connectivity index (χ1n) is 6.21. The van der Waals surface area contributed by atoms with E-state index in [9.17, 15) is 0 Å². The number of ether oxygens (including phenoxy) is 2. The third-order valence-corrected chi connectivity index (χ3v) is 4.39. The zero-order valence-corrected chi connectivity index (χ0v) is 15.0. The molecule has 7 heteroatoms. The summed E-state index contributed by atoms with van der Waals surface area (Å²) >= 11 is 15.7. The van der Waals surface area contributed by atoms with E-state index in [-0.39, 0.29) is 0 Å². The standard InChI is InChI=1S/C14H15BrCl2N2O2/c1-8-13(17)11(19(2)18-8)7-21-14-9(6-15)4-10(16)5-12(14)20-3/h4-5H,6-7H2,1-3H3. The largest absolute Gasteiger partial charge is 0.493 e. The highest BCUT2D eigenvalue weighted by molar-refractivity contribution is 9.08. The van der Waals surface area contributed by atoms with E-state index in [0.717, 1.165) is 17.0 Å². The van der Waals surface area contributed by atoms with Crippen LogP contribution in [-0.2, 0) is 19.0 Å². The number of alkyl halides is 1. The Balaban J connectivity index is 2.31. The van der Waals surface area contributed by atoms with E-state index in [1.54, 1.807) is 17.9 Å². The zero-order chi connectivity index (χ0) is 15.6. The zero-order valence-electron chi connectivity index (χ0n) is 11.9. The van der Waals surface area contributed by atoms with Crippen LogP contribution in [0.4, 0.5) is 0 Å². The van der Waals surface area contributed by atoms with Crippen molar-refractivity contribution >= 4 is 39.1 Å². The van der Waals surface area contributed by atoms with Crippen LogP contribution >= 0.6 is 39.1 Å². The molecule has 4 nitrogen and oxygen atoms in total. The SMILES string of the molecule is COc1cc(Cl)cc(CBr)c1OCc1c(Cl)c(C)nn1C. The van der Waals surface area contributed by atoms with Crippen LogP contribution in [0.25, 0.3) is 0 Å². The Kier molecular flexibility index (Phi) is 5.41. The van der Waals surface area contributed by atoms with Crippen LogP contribution in [0, 0.1) is 6.92 Å². The maximum Gasteiger partial charge on any atom is 0.165 e. The van der Waals surface area contributed by atoms with Crippen molar-refractivity contribution in [2.45, 2.75) is 18.9 Å². The smallest absolute Gasteiger partial charge is 0.165 e. The summed E-state index contributed by atoms with van der Waals surface area (Å²) in [5.41, 5.74) is 2.50. The predicted molar refractivity (Wildman–Crippen MR) is 87.9 cm³/mol. The third kappa shape index (κ3) is 3.47. The third-order valence-electron chi connectivity index (χ3n) is 3.08. The van der Waals surface area contributed by atoms with Crippen LogP contribution in [-0.4, -0.2) is 16.9 Å². The monoisotopic (exact) mass is 392 g/mol. The van der Waals surface area contributed by atoms with Gasteiger partial charge in [0.25, 0.3) is 0 Å². The number of rotatable bonds is 5. The van der Waals surface area contributed by atoms with E-state index in [4.69, 9.17) is 32.7 Å². The average Bonchev–Trinajstić information content (AvgIpc) is 2.70. The number of nitrogens with zero attached hydrogens (tertiary/aromatic N) is 2. The lowest BCUT2D eigenvalue weighted by atomic mass is 10.2. The van der Waals surface area contributed by atoms with E-state index in [2.05, 4.69) is 21.0 Å². The molecule has 2 rings (SSSR count). The molecule has 0 amide bonds. The van der Waals surface area contributed by atoms with E-state index < -0.39 is 0 Å². The van der Waals surface area contributed by atoms with Gasteiger partial charge in [0, 0.05) is 29.0 Å². The highest BCUT2D eigenvalue weighted by Crippen LogP contribution is 2.36. The topological polar surface area (TPSA) is 36.3 Å². The van der Waals surface area contributed by atoms with Crippen molar-refractivity contribution in [3.05, 3.63) is 39.1 Å². The molecule has 0 atom stereocenters. The lowest BCUT2D eigenvalue weighted by molar-refractivity contribution is 0.274. The first kappa shape index (κ1) is 16.5. The molecule has 2 aromatic rings. The molecule has 0 saturated heterocycles. The summed E-state index contributed by atoms with van der Waals surface area (Å²) in [6.45, 7) is 2.16. The van der Waals surface area contributed by atoms with Crippen molar-refractivity contribution in [2.24, 2.45) is 7.05 Å². The van der Waals surface area contributed by atoms with Gasteiger partial charge < -0.3 is 9.47 Å². The fourth-order valence-electron chi connectivity index (χ4n) is 2.01. The van der Waals surface area contributed by atoms with Gasteiger partial charge in [-0.05, 0) is 13.0 Å². The molecular weight excluding hydrogens is 379 g/mol. The van der Waals surface area contributed by atoms with E-state index in [1.807, 2.05) is 20.0 Å². The minimum absolute atomic E-state index is 0.300. The molecule has 1 aromatic carbocycles. The average molecular weight is 394 g/mol. The molecule has 21 heavy (non-hydrogen) atoms. The van der Waals surface area contributed by atoms with Gasteiger partial charge in [-0.15, -0.1) is 0 Å². The Morgan fingerprint density at radius 1 is 1.33 bits per heavy atom. The quantitative estimate of drug-likeness (QED) is 0.700. The Hall–Kier alpha value is -0.910. The Labute approximate surface area is 142 Å². The van der Waals surface area contributed by atoms with Crippen molar-refractivity contribution in [3.8, 4) is 11.5 Å². The summed E-state index contributed by atoms with van der Waals surface area (Å²) in [4.78, 5) is 0. The second kappa shape index (κ2) is 6.90. The fourth-order valence-corrected chi connectivity index (χ4v) is 2.88. The number of hydrogen-bond acceptors (Lipinski definition) is 3. The molecule has 0 unspecified atom stereocenters. The maximum absolute atomic E-state index is 6.23. The fraction of sp³-hybridized carbons (Fsp3) is 0.357. The van der Waals surface area contributed by atoms with Gasteiger partial charge in [-0.2, -0.15) is 5.10 Å². The maximum atomic E-state index is 6.23. The predicted octanol–water partition coefficient (Wildman–Crippen LogP) is 4.52. The molecule has 0 fully saturated rings. The van der Waals surface area contributed by atoms with Gasteiger partial charge in [0.2, 0.25) is 0 Å². The molecule has 0 bridgehead atoms. The molecular formula is C14H15BrCl2N2O2. The summed E-state index contributed by atoms with van der Waals surface area (Å²) in [5, 5.41) is 6.09. The van der Waals surface area contributed by atoms with Crippen LogP contribution in [0.3, 0.4) is 0 Å². The molecule has 1 aromatic heterocycles. The van der Waals surface area contributed by atoms with Crippen LogP contribution in [0.2, 0.25) is 10.0 Å². The first-order chi connectivity index (χ1) is 9.97. The van der Waals surface area contributed by atoms with E-state index >= 15 is 0 Å². The second-order valence-electron chi connectivity index (χ2n) is 4.49. The molecule has 0 radical (unpaired) electrons. The summed E-state index contributed by atoms with van der Waals surface area (Å²) in [5.74, 6) is 1.24.